The molecule has 2 heterocycles. The first-order valence-electron chi connectivity index (χ1n) is 22.7. The minimum atomic E-state index is -1.36. The van der Waals surface area contributed by atoms with Crippen molar-refractivity contribution in [1.29, 1.82) is 0 Å². The van der Waals surface area contributed by atoms with Crippen LogP contribution in [0.1, 0.15) is 113 Å². The van der Waals surface area contributed by atoms with Gasteiger partial charge in [0.15, 0.2) is 12.4 Å². The van der Waals surface area contributed by atoms with Gasteiger partial charge in [-0.1, -0.05) is 105 Å². The number of amides is 4. The van der Waals surface area contributed by atoms with Crippen LogP contribution in [-0.2, 0) is 51.5 Å². The molecule has 0 radical (unpaired) electrons. The van der Waals surface area contributed by atoms with E-state index in [4.69, 9.17) is 28.0 Å². The number of unbranched alkanes of at least 4 members (excludes halogenated alkanes) is 2. The first-order valence-corrected chi connectivity index (χ1v) is 22.7. The molecule has 0 saturated carbocycles. The molecular formula is C51H57N5O14. The van der Waals surface area contributed by atoms with E-state index in [1.165, 1.54) is 44.2 Å². The molecule has 0 spiro atoms. The van der Waals surface area contributed by atoms with Crippen molar-refractivity contribution in [2.45, 2.75) is 98.4 Å². The van der Waals surface area contributed by atoms with Gasteiger partial charge in [0.05, 0.1) is 29.9 Å². The standard InChI is InChI=1S/C51H57N5O14/c1-6-8-11-20-38(41(7-2)56(31-57)70-51(64)46-33(4)55-69-34(46)5)47(60)52-30-53-49(62)43-24-23-42(68-43)37-21-22-39(44(26-37)65-29-45(59)66-27-35-16-12-9-13-17-35)48(61)54-40(25-32(3)58)50(63)67-28-36-18-14-10-15-19-36/h9-10,12-19,21-24,26,31,38,40-41H,6-8,11,20,25,27-30H2,1-5H3,(H,52,60)(H,53,62)(H,54,61)/t38-,40+,41-/m1/s1. The Morgan fingerprint density at radius 2 is 1.50 bits per heavy atom. The molecule has 5 aromatic rings. The Kier molecular flexibility index (Phi) is 20.0. The van der Waals surface area contributed by atoms with Gasteiger partial charge < -0.3 is 43.9 Å². The van der Waals surface area contributed by atoms with Crippen LogP contribution in [0.5, 0.6) is 5.75 Å². The second-order valence-electron chi connectivity index (χ2n) is 16.2. The summed E-state index contributed by atoms with van der Waals surface area (Å²) in [6, 6.07) is 22.7. The number of carbonyl (C=O) groups is 8. The zero-order chi connectivity index (χ0) is 50.6. The zero-order valence-corrected chi connectivity index (χ0v) is 39.7. The summed E-state index contributed by atoms with van der Waals surface area (Å²) in [5.74, 6) is -5.60. The third-order valence-electron chi connectivity index (χ3n) is 10.9. The summed E-state index contributed by atoms with van der Waals surface area (Å²) < 4.78 is 27.6. The van der Waals surface area contributed by atoms with Gasteiger partial charge in [0.25, 0.3) is 11.8 Å². The minimum Gasteiger partial charge on any atom is -0.481 e. The van der Waals surface area contributed by atoms with Gasteiger partial charge in [0.2, 0.25) is 12.3 Å². The maximum Gasteiger partial charge on any atom is 0.368 e. The van der Waals surface area contributed by atoms with Crippen molar-refractivity contribution < 1.29 is 66.3 Å². The van der Waals surface area contributed by atoms with Crippen molar-refractivity contribution in [3.63, 3.8) is 0 Å². The Labute approximate surface area is 404 Å². The van der Waals surface area contributed by atoms with E-state index in [-0.39, 0.29) is 78.4 Å². The number of hydrogen-bond acceptors (Lipinski definition) is 15. The first-order chi connectivity index (χ1) is 33.7. The number of nitrogens with one attached hydrogen (secondary N) is 3. The Morgan fingerprint density at radius 3 is 2.11 bits per heavy atom. The zero-order valence-electron chi connectivity index (χ0n) is 39.7. The number of hydrogen-bond donors (Lipinski definition) is 3. The van der Waals surface area contributed by atoms with E-state index in [1.54, 1.807) is 68.4 Å². The summed E-state index contributed by atoms with van der Waals surface area (Å²) in [4.78, 5) is 110. The largest absolute Gasteiger partial charge is 0.481 e. The number of carbonyl (C=O) groups excluding carboxylic acids is 8. The molecule has 19 nitrogen and oxygen atoms in total. The van der Waals surface area contributed by atoms with Crippen LogP contribution in [0.25, 0.3) is 11.3 Å². The highest BCUT2D eigenvalue weighted by atomic mass is 16.7. The lowest BCUT2D eigenvalue weighted by Gasteiger charge is -2.31. The molecule has 4 amide bonds. The molecule has 0 aliphatic heterocycles. The average molecular weight is 964 g/mol. The van der Waals surface area contributed by atoms with Crippen LogP contribution in [0.2, 0.25) is 0 Å². The van der Waals surface area contributed by atoms with E-state index in [2.05, 4.69) is 21.1 Å². The Balaban J connectivity index is 1.28. The van der Waals surface area contributed by atoms with Crippen LogP contribution in [0, 0.1) is 19.8 Å². The van der Waals surface area contributed by atoms with Crippen LogP contribution in [0.3, 0.4) is 0 Å². The fraction of sp³-hybridized carbons (Fsp3) is 0.353. The van der Waals surface area contributed by atoms with E-state index < -0.39 is 60.2 Å². The number of ether oxygens (including phenoxy) is 3. The number of nitrogens with zero attached hydrogens (tertiary/aromatic N) is 2. The summed E-state index contributed by atoms with van der Waals surface area (Å²) in [6.45, 7) is 7.03. The molecule has 0 aliphatic carbocycles. The molecule has 370 valence electrons. The van der Waals surface area contributed by atoms with Crippen LogP contribution in [-0.4, -0.2) is 83.4 Å². The van der Waals surface area contributed by atoms with E-state index in [9.17, 15) is 38.4 Å². The SMILES string of the molecule is CCCCC[C@@H](C(=O)NCNC(=O)c1ccc(-c2ccc(C(=O)N[C@@H](CC(C)=O)C(=O)OCc3ccccc3)c(OCC(=O)OCc3ccccc3)c2)o1)[C@@H](CC)N(C=O)OC(=O)c1c(C)noc1C. The maximum absolute atomic E-state index is 13.8. The molecule has 3 aromatic carbocycles. The van der Waals surface area contributed by atoms with Crippen molar-refractivity contribution in [2.24, 2.45) is 5.92 Å². The number of aryl methyl sites for hydroxylation is 2. The molecule has 2 aromatic heterocycles. The first kappa shape index (κ1) is 52.9. The van der Waals surface area contributed by atoms with Gasteiger partial charge in [-0.05, 0) is 69.0 Å². The number of ketones is 1. The quantitative estimate of drug-likeness (QED) is 0.0167. The van der Waals surface area contributed by atoms with Crippen LogP contribution >= 0.6 is 0 Å². The molecular weight excluding hydrogens is 907 g/mol. The Morgan fingerprint density at radius 1 is 0.814 bits per heavy atom. The van der Waals surface area contributed by atoms with Crippen molar-refractivity contribution in [1.82, 2.24) is 26.2 Å². The molecule has 3 atom stereocenters. The number of hydroxylamine groups is 2. The topological polar surface area (TPSA) is 252 Å². The normalized spacial score (nSPS) is 12.1. The molecule has 5 rings (SSSR count). The lowest BCUT2D eigenvalue weighted by Crippen LogP contribution is -2.49. The molecule has 3 N–H and O–H groups in total. The van der Waals surface area contributed by atoms with Crippen LogP contribution in [0.15, 0.2) is 99.9 Å². The molecule has 70 heavy (non-hydrogen) atoms. The fourth-order valence-electron chi connectivity index (χ4n) is 7.33. The number of esters is 2. The smallest absolute Gasteiger partial charge is 0.368 e. The summed E-state index contributed by atoms with van der Waals surface area (Å²) in [6.07, 6.45) is 2.88. The molecule has 0 bridgehead atoms. The highest BCUT2D eigenvalue weighted by Gasteiger charge is 2.35. The third kappa shape index (κ3) is 15.2. The van der Waals surface area contributed by atoms with E-state index in [0.717, 1.165) is 23.5 Å². The third-order valence-corrected chi connectivity index (χ3v) is 10.9. The molecule has 0 saturated heterocycles. The van der Waals surface area contributed by atoms with Gasteiger partial charge in [-0.2, -0.15) is 5.06 Å². The predicted molar refractivity (Wildman–Crippen MR) is 250 cm³/mol. The second-order valence-corrected chi connectivity index (χ2v) is 16.2. The summed E-state index contributed by atoms with van der Waals surface area (Å²) >= 11 is 0. The summed E-state index contributed by atoms with van der Waals surface area (Å²) in [5, 5.41) is 12.4. The fourth-order valence-corrected chi connectivity index (χ4v) is 7.33. The monoisotopic (exact) mass is 963 g/mol. The van der Waals surface area contributed by atoms with E-state index in [0.29, 0.717) is 30.4 Å². The Hall–Kier alpha value is -8.09. The number of benzene rings is 3. The molecule has 0 unspecified atom stereocenters. The average Bonchev–Trinajstić information content (AvgIpc) is 4.00. The second kappa shape index (κ2) is 26.5. The highest BCUT2D eigenvalue weighted by Crippen LogP contribution is 2.30. The van der Waals surface area contributed by atoms with Crippen LogP contribution < -0.4 is 20.7 Å². The van der Waals surface area contributed by atoms with Crippen molar-refractivity contribution in [3.8, 4) is 17.1 Å². The lowest BCUT2D eigenvalue weighted by atomic mass is 9.90. The number of Topliss-reactive ketones (excluding diaryl/α,β-unsaturated/α-hetero) is 1. The van der Waals surface area contributed by atoms with E-state index >= 15 is 0 Å². The predicted octanol–water partition coefficient (Wildman–Crippen LogP) is 6.50. The van der Waals surface area contributed by atoms with Gasteiger partial charge in [-0.3, -0.25) is 24.0 Å². The summed E-state index contributed by atoms with van der Waals surface area (Å²) in [5.41, 5.74) is 1.98. The lowest BCUT2D eigenvalue weighted by molar-refractivity contribution is -0.171. The highest BCUT2D eigenvalue weighted by molar-refractivity contribution is 6.01. The van der Waals surface area contributed by atoms with Gasteiger partial charge in [-0.25, -0.2) is 14.4 Å². The number of rotatable bonds is 27. The molecule has 19 heteroatoms. The van der Waals surface area contributed by atoms with Crippen molar-refractivity contribution in [3.05, 3.63) is 130 Å². The van der Waals surface area contributed by atoms with Crippen LogP contribution in [0.4, 0.5) is 0 Å². The number of furan rings is 1. The van der Waals surface area contributed by atoms with Crippen molar-refractivity contribution in [2.75, 3.05) is 13.3 Å². The van der Waals surface area contributed by atoms with Gasteiger partial charge in [-0.15, -0.1) is 0 Å². The Bertz CT molecular complexity index is 2570. The number of aromatic nitrogens is 1. The van der Waals surface area contributed by atoms with Gasteiger partial charge >= 0.3 is 17.9 Å². The molecule has 0 fully saturated rings. The van der Waals surface area contributed by atoms with E-state index in [1.807, 2.05) is 13.0 Å². The molecule has 0 aliphatic rings. The van der Waals surface area contributed by atoms with Crippen molar-refractivity contribution >= 4 is 47.8 Å². The van der Waals surface area contributed by atoms with Gasteiger partial charge in [0.1, 0.15) is 47.9 Å². The summed E-state index contributed by atoms with van der Waals surface area (Å²) in [7, 11) is 0. The van der Waals surface area contributed by atoms with Gasteiger partial charge in [0, 0.05) is 12.0 Å². The maximum atomic E-state index is 13.8. The minimum absolute atomic E-state index is 0.0327.